The van der Waals surface area contributed by atoms with E-state index in [-0.39, 0.29) is 6.42 Å². The maximum atomic E-state index is 10.3. The summed E-state index contributed by atoms with van der Waals surface area (Å²) < 4.78 is 0. The number of carboxylic acid groups (broad SMARTS) is 1. The number of unbranched alkanes of at least 4 members (excludes halogenated alkanes) is 8. The molecule has 130 valence electrons. The molecule has 0 atom stereocenters. The lowest BCUT2D eigenvalue weighted by molar-refractivity contribution is -0.163. The molecule has 0 aromatic heterocycles. The number of hydrogen-bond acceptors (Lipinski definition) is 3. The maximum absolute atomic E-state index is 10.3. The van der Waals surface area contributed by atoms with Crippen molar-refractivity contribution in [1.29, 1.82) is 0 Å². The minimum atomic E-state index is -1.55. The van der Waals surface area contributed by atoms with Gasteiger partial charge >= 0.3 is 5.97 Å². The first kappa shape index (κ1) is 21.1. The molecule has 3 N–H and O–H groups in total. The first-order valence-corrected chi connectivity index (χ1v) is 8.79. The molecule has 0 radical (unpaired) electrons. The number of aliphatic carboxylic acids is 1. The monoisotopic (exact) mass is 314 g/mol. The molecule has 0 saturated heterocycles. The Morgan fingerprint density at radius 1 is 0.909 bits per heavy atom. The van der Waals surface area contributed by atoms with Crippen LogP contribution in [-0.2, 0) is 4.79 Å². The van der Waals surface area contributed by atoms with E-state index in [0.29, 0.717) is 12.8 Å². The molecule has 0 aliphatic heterocycles. The van der Waals surface area contributed by atoms with Crippen molar-refractivity contribution in [2.75, 3.05) is 0 Å². The summed E-state index contributed by atoms with van der Waals surface area (Å²) >= 11 is 0. The van der Waals surface area contributed by atoms with Crippen molar-refractivity contribution in [3.63, 3.8) is 0 Å². The zero-order valence-electron chi connectivity index (χ0n) is 14.1. The van der Waals surface area contributed by atoms with Gasteiger partial charge in [-0.3, -0.25) is 4.79 Å². The standard InChI is InChI=1S/C18H34O4/c1-2-3-4-12-15-18(21,22)16-13-10-8-6-5-7-9-11-14-17(19)20/h10,13,21-22H,2-9,11-12,14-16H2,1H3,(H,19,20)/b13-10-. The van der Waals surface area contributed by atoms with E-state index < -0.39 is 11.8 Å². The van der Waals surface area contributed by atoms with Gasteiger partial charge in [-0.2, -0.15) is 0 Å². The number of carboxylic acids is 1. The number of aliphatic hydroxyl groups is 2. The predicted octanol–water partition coefficient (Wildman–Crippen LogP) is 4.40. The number of carbonyl (C=O) groups is 1. The average Bonchev–Trinajstić information content (AvgIpc) is 2.45. The summed E-state index contributed by atoms with van der Waals surface area (Å²) in [6.07, 6.45) is 15.1. The summed E-state index contributed by atoms with van der Waals surface area (Å²) in [6, 6.07) is 0. The summed E-state index contributed by atoms with van der Waals surface area (Å²) in [5, 5.41) is 28.1. The van der Waals surface area contributed by atoms with Crippen LogP contribution >= 0.6 is 0 Å². The fourth-order valence-corrected chi connectivity index (χ4v) is 2.40. The van der Waals surface area contributed by atoms with Gasteiger partial charge in [-0.1, -0.05) is 57.6 Å². The molecule has 0 spiro atoms. The Hall–Kier alpha value is -0.870. The van der Waals surface area contributed by atoms with Crippen molar-refractivity contribution in [2.24, 2.45) is 0 Å². The maximum Gasteiger partial charge on any atom is 0.303 e. The second-order valence-corrected chi connectivity index (χ2v) is 6.17. The van der Waals surface area contributed by atoms with Crippen LogP contribution in [0.1, 0.15) is 90.4 Å². The predicted molar refractivity (Wildman–Crippen MR) is 89.6 cm³/mol. The van der Waals surface area contributed by atoms with Crippen LogP contribution in [0.5, 0.6) is 0 Å². The van der Waals surface area contributed by atoms with Crippen LogP contribution < -0.4 is 0 Å². The Balaban J connectivity index is 3.46. The Labute approximate surface area is 135 Å². The zero-order chi connectivity index (χ0) is 16.7. The van der Waals surface area contributed by atoms with Gasteiger partial charge in [0.15, 0.2) is 5.79 Å². The highest BCUT2D eigenvalue weighted by atomic mass is 16.5. The molecule has 0 heterocycles. The molecule has 0 saturated carbocycles. The highest BCUT2D eigenvalue weighted by molar-refractivity contribution is 5.66. The third-order valence-corrected chi connectivity index (χ3v) is 3.80. The Morgan fingerprint density at radius 2 is 1.55 bits per heavy atom. The first-order valence-electron chi connectivity index (χ1n) is 8.79. The van der Waals surface area contributed by atoms with E-state index in [1.54, 1.807) is 0 Å². The molecular weight excluding hydrogens is 280 g/mol. The van der Waals surface area contributed by atoms with Crippen molar-refractivity contribution in [3.05, 3.63) is 12.2 Å². The minimum absolute atomic E-state index is 0.271. The number of hydrogen-bond donors (Lipinski definition) is 3. The van der Waals surface area contributed by atoms with Crippen LogP contribution in [0.3, 0.4) is 0 Å². The van der Waals surface area contributed by atoms with Gasteiger partial charge in [0.05, 0.1) is 0 Å². The second kappa shape index (κ2) is 13.8. The van der Waals surface area contributed by atoms with Crippen molar-refractivity contribution < 1.29 is 20.1 Å². The Bertz CT molecular complexity index is 297. The van der Waals surface area contributed by atoms with Gasteiger partial charge in [0.25, 0.3) is 0 Å². The molecule has 0 bridgehead atoms. The van der Waals surface area contributed by atoms with E-state index in [1.165, 1.54) is 0 Å². The van der Waals surface area contributed by atoms with Gasteiger partial charge in [0.2, 0.25) is 0 Å². The van der Waals surface area contributed by atoms with Crippen molar-refractivity contribution in [1.82, 2.24) is 0 Å². The highest BCUT2D eigenvalue weighted by Gasteiger charge is 2.19. The van der Waals surface area contributed by atoms with Gasteiger partial charge < -0.3 is 15.3 Å². The van der Waals surface area contributed by atoms with Crippen molar-refractivity contribution >= 4 is 5.97 Å². The molecule has 22 heavy (non-hydrogen) atoms. The van der Waals surface area contributed by atoms with E-state index in [2.05, 4.69) is 6.92 Å². The van der Waals surface area contributed by atoms with Gasteiger partial charge in [0, 0.05) is 19.3 Å². The van der Waals surface area contributed by atoms with Gasteiger partial charge in [0.1, 0.15) is 0 Å². The van der Waals surface area contributed by atoms with Crippen molar-refractivity contribution in [2.45, 2.75) is 96.2 Å². The minimum Gasteiger partial charge on any atom is -0.481 e. The smallest absolute Gasteiger partial charge is 0.303 e. The van der Waals surface area contributed by atoms with E-state index in [0.717, 1.165) is 64.2 Å². The first-order chi connectivity index (χ1) is 10.5. The largest absolute Gasteiger partial charge is 0.481 e. The third kappa shape index (κ3) is 15.5. The molecule has 0 rings (SSSR count). The average molecular weight is 314 g/mol. The lowest BCUT2D eigenvalue weighted by atomic mass is 10.0. The fraction of sp³-hybridized carbons (Fsp3) is 0.833. The van der Waals surface area contributed by atoms with Gasteiger partial charge in [-0.05, 0) is 25.7 Å². The Kier molecular flexibility index (Phi) is 13.2. The molecule has 4 heteroatoms. The lowest BCUT2D eigenvalue weighted by Gasteiger charge is -2.19. The Morgan fingerprint density at radius 3 is 2.23 bits per heavy atom. The van der Waals surface area contributed by atoms with Crippen LogP contribution in [0.15, 0.2) is 12.2 Å². The summed E-state index contributed by atoms with van der Waals surface area (Å²) in [5.74, 6) is -2.27. The van der Waals surface area contributed by atoms with E-state index in [4.69, 9.17) is 5.11 Å². The van der Waals surface area contributed by atoms with E-state index in [9.17, 15) is 15.0 Å². The van der Waals surface area contributed by atoms with E-state index in [1.807, 2.05) is 12.2 Å². The highest BCUT2D eigenvalue weighted by Crippen LogP contribution is 2.17. The summed E-state index contributed by atoms with van der Waals surface area (Å²) in [4.78, 5) is 10.3. The van der Waals surface area contributed by atoms with Crippen LogP contribution in [0.4, 0.5) is 0 Å². The molecule has 0 aliphatic rings. The van der Waals surface area contributed by atoms with E-state index >= 15 is 0 Å². The van der Waals surface area contributed by atoms with Gasteiger partial charge in [-0.15, -0.1) is 0 Å². The van der Waals surface area contributed by atoms with Gasteiger partial charge in [-0.25, -0.2) is 0 Å². The quantitative estimate of drug-likeness (QED) is 0.238. The normalized spacial score (nSPS) is 12.1. The summed E-state index contributed by atoms with van der Waals surface area (Å²) in [7, 11) is 0. The molecule has 4 nitrogen and oxygen atoms in total. The molecule has 0 fully saturated rings. The topological polar surface area (TPSA) is 77.8 Å². The number of rotatable bonds is 15. The van der Waals surface area contributed by atoms with Crippen LogP contribution in [0, 0.1) is 0 Å². The summed E-state index contributed by atoms with van der Waals surface area (Å²) in [5.41, 5.74) is 0. The molecule has 0 aromatic rings. The third-order valence-electron chi connectivity index (χ3n) is 3.80. The lowest BCUT2D eigenvalue weighted by Crippen LogP contribution is -2.26. The molecular formula is C18H34O4. The van der Waals surface area contributed by atoms with Crippen LogP contribution in [0.2, 0.25) is 0 Å². The molecule has 0 aliphatic carbocycles. The molecule has 0 unspecified atom stereocenters. The second-order valence-electron chi connectivity index (χ2n) is 6.17. The van der Waals surface area contributed by atoms with Crippen LogP contribution in [0.25, 0.3) is 0 Å². The van der Waals surface area contributed by atoms with Crippen molar-refractivity contribution in [3.8, 4) is 0 Å². The molecule has 0 amide bonds. The zero-order valence-corrected chi connectivity index (χ0v) is 14.1. The number of allylic oxidation sites excluding steroid dienone is 1. The fourth-order valence-electron chi connectivity index (χ4n) is 2.40. The van der Waals surface area contributed by atoms with Crippen LogP contribution in [-0.4, -0.2) is 27.1 Å². The SMILES string of the molecule is CCCCCCC(O)(O)C/C=C\CCCCCCCC(=O)O. The molecule has 0 aromatic carbocycles. The summed E-state index contributed by atoms with van der Waals surface area (Å²) in [6.45, 7) is 2.14.